The number of nitrogens with one attached hydrogen (secondary N) is 2. The second kappa shape index (κ2) is 6.80. The number of hydrogen-bond donors (Lipinski definition) is 2. The number of amides is 1. The van der Waals surface area contributed by atoms with Gasteiger partial charge in [0.15, 0.2) is 0 Å². The Hall–Kier alpha value is -3.06. The first-order valence-electron chi connectivity index (χ1n) is 7.61. The van der Waals surface area contributed by atoms with Crippen LogP contribution in [0.5, 0.6) is 0 Å². The minimum atomic E-state index is -0.0278. The highest BCUT2D eigenvalue weighted by molar-refractivity contribution is 5.91. The fourth-order valence-electron chi connectivity index (χ4n) is 2.67. The van der Waals surface area contributed by atoms with Crippen molar-refractivity contribution in [1.82, 2.24) is 4.98 Å². The van der Waals surface area contributed by atoms with Crippen LogP contribution >= 0.6 is 0 Å². The summed E-state index contributed by atoms with van der Waals surface area (Å²) >= 11 is 0. The first kappa shape index (κ1) is 14.9. The Bertz CT molecular complexity index is 873. The molecule has 4 nitrogen and oxygen atoms in total. The number of fused-ring (bicyclic) bond motifs is 1. The number of benzene rings is 2. The number of aryl methyl sites for hydroxylation is 1. The number of aromatic amines is 1. The van der Waals surface area contributed by atoms with Crippen LogP contribution in [-0.4, -0.2) is 10.9 Å². The topological polar surface area (TPSA) is 68.7 Å². The number of nitrogens with zero attached hydrogens (tertiary/aromatic N) is 1. The molecule has 0 radical (unpaired) electrons. The van der Waals surface area contributed by atoms with Gasteiger partial charge in [-0.25, -0.2) is 0 Å². The maximum absolute atomic E-state index is 12.0. The highest BCUT2D eigenvalue weighted by atomic mass is 16.1. The van der Waals surface area contributed by atoms with Crippen LogP contribution in [0.1, 0.15) is 24.0 Å². The van der Waals surface area contributed by atoms with Gasteiger partial charge in [-0.15, -0.1) is 0 Å². The summed E-state index contributed by atoms with van der Waals surface area (Å²) in [6, 6.07) is 17.2. The number of hydrogen-bond acceptors (Lipinski definition) is 2. The highest BCUT2D eigenvalue weighted by Gasteiger charge is 2.06. The first-order valence-corrected chi connectivity index (χ1v) is 7.61. The van der Waals surface area contributed by atoms with E-state index in [2.05, 4.69) is 22.4 Å². The van der Waals surface area contributed by atoms with Crippen LogP contribution in [0.15, 0.2) is 54.7 Å². The van der Waals surface area contributed by atoms with Gasteiger partial charge in [0.1, 0.15) is 0 Å². The van der Waals surface area contributed by atoms with E-state index in [0.29, 0.717) is 17.7 Å². The van der Waals surface area contributed by atoms with Crippen molar-refractivity contribution in [2.45, 2.75) is 19.3 Å². The summed E-state index contributed by atoms with van der Waals surface area (Å²) in [7, 11) is 0. The van der Waals surface area contributed by atoms with Crippen LogP contribution in [0.4, 0.5) is 5.69 Å². The zero-order valence-electron chi connectivity index (χ0n) is 12.7. The standard InChI is InChI=1S/C19H17N3O/c20-12-14-5-3-7-16(11-14)22-19(23)10-4-6-15-13-21-18-9-2-1-8-17(15)18/h1-3,5,7-9,11,13,21H,4,6,10H2,(H,22,23). The molecule has 0 spiro atoms. The van der Waals surface area contributed by atoms with E-state index in [1.807, 2.05) is 24.4 Å². The summed E-state index contributed by atoms with van der Waals surface area (Å²) in [6.45, 7) is 0. The molecule has 1 aromatic heterocycles. The van der Waals surface area contributed by atoms with E-state index in [1.165, 1.54) is 10.9 Å². The van der Waals surface area contributed by atoms with Gasteiger partial charge in [0.25, 0.3) is 0 Å². The number of carbonyl (C=O) groups excluding carboxylic acids is 1. The van der Waals surface area contributed by atoms with Gasteiger partial charge in [0, 0.05) is 29.2 Å². The molecule has 2 N–H and O–H groups in total. The highest BCUT2D eigenvalue weighted by Crippen LogP contribution is 2.19. The Morgan fingerprint density at radius 2 is 2.04 bits per heavy atom. The summed E-state index contributed by atoms with van der Waals surface area (Å²) in [5.41, 5.74) is 3.57. The van der Waals surface area contributed by atoms with Crippen molar-refractivity contribution < 1.29 is 4.79 Å². The molecule has 2 aromatic carbocycles. The molecule has 3 aromatic rings. The number of aromatic nitrogens is 1. The predicted octanol–water partition coefficient (Wildman–Crippen LogP) is 4.00. The number of nitriles is 1. The largest absolute Gasteiger partial charge is 0.361 e. The Labute approximate surface area is 134 Å². The summed E-state index contributed by atoms with van der Waals surface area (Å²) < 4.78 is 0. The molecule has 0 aliphatic carbocycles. The second-order valence-electron chi connectivity index (χ2n) is 5.45. The van der Waals surface area contributed by atoms with Crippen molar-refractivity contribution >= 4 is 22.5 Å². The number of H-pyrrole nitrogens is 1. The zero-order valence-corrected chi connectivity index (χ0v) is 12.7. The van der Waals surface area contributed by atoms with Crippen LogP contribution in [0.2, 0.25) is 0 Å². The third kappa shape index (κ3) is 3.58. The van der Waals surface area contributed by atoms with Crippen molar-refractivity contribution in [2.24, 2.45) is 0 Å². The summed E-state index contributed by atoms with van der Waals surface area (Å²) in [5, 5.41) is 12.9. The minimum absolute atomic E-state index is 0.0278. The molecule has 114 valence electrons. The van der Waals surface area contributed by atoms with Crippen molar-refractivity contribution in [3.05, 3.63) is 65.9 Å². The van der Waals surface area contributed by atoms with E-state index in [4.69, 9.17) is 5.26 Å². The summed E-state index contributed by atoms with van der Waals surface area (Å²) in [5.74, 6) is -0.0278. The lowest BCUT2D eigenvalue weighted by atomic mass is 10.1. The number of rotatable bonds is 5. The fraction of sp³-hybridized carbons (Fsp3) is 0.158. The van der Waals surface area contributed by atoms with Gasteiger partial charge in [0.05, 0.1) is 11.6 Å². The van der Waals surface area contributed by atoms with E-state index in [-0.39, 0.29) is 5.91 Å². The lowest BCUT2D eigenvalue weighted by Crippen LogP contribution is -2.11. The van der Waals surface area contributed by atoms with Crippen molar-refractivity contribution in [3.8, 4) is 6.07 Å². The molecular weight excluding hydrogens is 286 g/mol. The average Bonchev–Trinajstić information content (AvgIpc) is 2.98. The maximum atomic E-state index is 12.0. The molecule has 23 heavy (non-hydrogen) atoms. The van der Waals surface area contributed by atoms with E-state index in [9.17, 15) is 4.79 Å². The molecule has 1 heterocycles. The molecule has 4 heteroatoms. The van der Waals surface area contributed by atoms with E-state index >= 15 is 0 Å². The lowest BCUT2D eigenvalue weighted by Gasteiger charge is -2.05. The fourth-order valence-corrected chi connectivity index (χ4v) is 2.67. The second-order valence-corrected chi connectivity index (χ2v) is 5.45. The quantitative estimate of drug-likeness (QED) is 0.748. The Morgan fingerprint density at radius 3 is 2.91 bits per heavy atom. The van der Waals surface area contributed by atoms with Gasteiger partial charge >= 0.3 is 0 Å². The van der Waals surface area contributed by atoms with Gasteiger partial charge in [-0.1, -0.05) is 24.3 Å². The SMILES string of the molecule is N#Cc1cccc(NC(=O)CCCc2c[nH]c3ccccc23)c1. The molecule has 0 bridgehead atoms. The van der Waals surface area contributed by atoms with Gasteiger partial charge in [-0.2, -0.15) is 5.26 Å². The molecule has 0 saturated heterocycles. The average molecular weight is 303 g/mol. The van der Waals surface area contributed by atoms with Crippen LogP contribution in [0, 0.1) is 11.3 Å². The van der Waals surface area contributed by atoms with Crippen molar-refractivity contribution in [2.75, 3.05) is 5.32 Å². The van der Waals surface area contributed by atoms with Crippen LogP contribution < -0.4 is 5.32 Å². The third-order valence-corrected chi connectivity index (χ3v) is 3.80. The van der Waals surface area contributed by atoms with Gasteiger partial charge in [-0.3, -0.25) is 4.79 Å². The number of anilines is 1. The van der Waals surface area contributed by atoms with Crippen LogP contribution in [0.3, 0.4) is 0 Å². The molecule has 3 rings (SSSR count). The molecule has 0 unspecified atom stereocenters. The predicted molar refractivity (Wildman–Crippen MR) is 91.0 cm³/mol. The minimum Gasteiger partial charge on any atom is -0.361 e. The molecule has 1 amide bonds. The van der Waals surface area contributed by atoms with Crippen molar-refractivity contribution in [3.63, 3.8) is 0 Å². The van der Waals surface area contributed by atoms with Gasteiger partial charge in [-0.05, 0) is 42.7 Å². The van der Waals surface area contributed by atoms with Crippen LogP contribution in [0.25, 0.3) is 10.9 Å². The normalized spacial score (nSPS) is 10.4. The summed E-state index contributed by atoms with van der Waals surface area (Å²) in [4.78, 5) is 15.2. The molecule has 0 aliphatic rings. The number of carbonyl (C=O) groups is 1. The van der Waals surface area contributed by atoms with E-state index in [1.54, 1.807) is 24.3 Å². The maximum Gasteiger partial charge on any atom is 0.224 e. The monoisotopic (exact) mass is 303 g/mol. The molecule has 0 fully saturated rings. The Morgan fingerprint density at radius 1 is 1.17 bits per heavy atom. The first-order chi connectivity index (χ1) is 11.3. The molecule has 0 aliphatic heterocycles. The molecular formula is C19H17N3O. The Kier molecular flexibility index (Phi) is 4.39. The lowest BCUT2D eigenvalue weighted by molar-refractivity contribution is -0.116. The van der Waals surface area contributed by atoms with Crippen molar-refractivity contribution in [1.29, 1.82) is 5.26 Å². The van der Waals surface area contributed by atoms with E-state index in [0.717, 1.165) is 18.4 Å². The van der Waals surface area contributed by atoms with Gasteiger partial charge < -0.3 is 10.3 Å². The zero-order chi connectivity index (χ0) is 16.1. The molecule has 0 saturated carbocycles. The van der Waals surface area contributed by atoms with Gasteiger partial charge in [0.2, 0.25) is 5.91 Å². The third-order valence-electron chi connectivity index (χ3n) is 3.80. The summed E-state index contributed by atoms with van der Waals surface area (Å²) in [6.07, 6.45) is 4.11. The van der Waals surface area contributed by atoms with E-state index < -0.39 is 0 Å². The Balaban J connectivity index is 1.54. The van der Waals surface area contributed by atoms with Crippen LogP contribution in [-0.2, 0) is 11.2 Å². The number of para-hydroxylation sites is 1. The molecule has 0 atom stereocenters. The smallest absolute Gasteiger partial charge is 0.224 e.